The Morgan fingerprint density at radius 3 is 2.10 bits per heavy atom. The highest BCUT2D eigenvalue weighted by atomic mass is 28.4. The minimum Gasteiger partial charge on any atom is -0.404 e. The second kappa shape index (κ2) is 14.9. The van der Waals surface area contributed by atoms with Crippen molar-refractivity contribution in [2.45, 2.75) is 132 Å². The van der Waals surface area contributed by atoms with Crippen molar-refractivity contribution in [1.82, 2.24) is 0 Å². The number of nitriles is 1. The van der Waals surface area contributed by atoms with Crippen molar-refractivity contribution in [2.75, 3.05) is 6.61 Å². The Bertz CT molecular complexity index is 1510. The summed E-state index contributed by atoms with van der Waals surface area (Å²) in [5.74, 6) is 2.16. The van der Waals surface area contributed by atoms with Gasteiger partial charge >= 0.3 is 0 Å². The van der Waals surface area contributed by atoms with Crippen LogP contribution in [-0.4, -0.2) is 14.9 Å². The Kier molecular flexibility index (Phi) is 11.4. The van der Waals surface area contributed by atoms with E-state index in [1.165, 1.54) is 54.5 Å². The third-order valence-corrected chi connectivity index (χ3v) is 18.8. The van der Waals surface area contributed by atoms with Gasteiger partial charge in [-0.1, -0.05) is 145 Å². The molecule has 5 atom stereocenters. The SMILES string of the molecule is CC1=CC[C@H]2[C@]3(C)CCCC(C)(C)[C@H]3CC[C@]2(C)[C@H]1CC/C(C#N)=C/CC/C(C)=C/CO[Si](c1ccccc1)(c1ccccc1)C(C)(C)C. The number of nitrogens with zero attached hydrogens (tertiary/aromatic N) is 1. The summed E-state index contributed by atoms with van der Waals surface area (Å²) in [7, 11) is -2.55. The highest BCUT2D eigenvalue weighted by molar-refractivity contribution is 6.99. The maximum absolute atomic E-state index is 10.2. The third-order valence-electron chi connectivity index (χ3n) is 13.8. The molecule has 0 aliphatic heterocycles. The van der Waals surface area contributed by atoms with Gasteiger partial charge in [0.2, 0.25) is 0 Å². The number of hydrogen-bond donors (Lipinski definition) is 0. The maximum atomic E-state index is 10.2. The zero-order valence-electron chi connectivity index (χ0n) is 32.4. The van der Waals surface area contributed by atoms with Gasteiger partial charge in [-0.15, -0.1) is 0 Å². The summed E-state index contributed by atoms with van der Waals surface area (Å²) in [6.45, 7) is 22.6. The Morgan fingerprint density at radius 1 is 0.878 bits per heavy atom. The van der Waals surface area contributed by atoms with E-state index in [2.05, 4.69) is 147 Å². The molecule has 3 heteroatoms. The molecule has 0 bridgehead atoms. The van der Waals surface area contributed by atoms with Crippen LogP contribution in [0.5, 0.6) is 0 Å². The molecule has 2 nitrogen and oxygen atoms in total. The number of fused-ring (bicyclic) bond motifs is 3. The van der Waals surface area contributed by atoms with Gasteiger partial charge in [0.05, 0.1) is 12.7 Å². The van der Waals surface area contributed by atoms with E-state index < -0.39 is 8.32 Å². The lowest BCUT2D eigenvalue weighted by Crippen LogP contribution is -2.66. The zero-order valence-corrected chi connectivity index (χ0v) is 33.4. The molecular weight excluding hydrogens is 611 g/mol. The fourth-order valence-corrected chi connectivity index (χ4v) is 15.8. The summed E-state index contributed by atoms with van der Waals surface area (Å²) in [4.78, 5) is 0. The van der Waals surface area contributed by atoms with Crippen molar-refractivity contribution in [3.05, 3.63) is 95.6 Å². The fraction of sp³-hybridized carbons (Fsp3) is 0.587. The average molecular weight is 676 g/mol. The van der Waals surface area contributed by atoms with Crippen LogP contribution >= 0.6 is 0 Å². The smallest absolute Gasteiger partial charge is 0.261 e. The van der Waals surface area contributed by atoms with Crippen molar-refractivity contribution >= 4 is 18.7 Å². The van der Waals surface area contributed by atoms with Gasteiger partial charge in [0, 0.05) is 5.57 Å². The minimum atomic E-state index is -2.55. The molecule has 0 N–H and O–H groups in total. The van der Waals surface area contributed by atoms with E-state index in [0.29, 0.717) is 28.8 Å². The number of hydrogen-bond acceptors (Lipinski definition) is 2. The highest BCUT2D eigenvalue weighted by Crippen LogP contribution is 2.68. The van der Waals surface area contributed by atoms with Crippen LogP contribution < -0.4 is 10.4 Å². The standard InChI is InChI=1S/C46H65NOSi/c1-35(29-33-48-49(43(3,4)5,38-20-12-10-13-21-38)39-22-14-11-15-23-39)18-16-19-37(34-47)25-26-40-36(2)24-27-42-45(40,8)32-28-41-44(6,7)30-17-31-46(41,42)9/h10-15,19-24,29,40-42H,16-18,25-28,30-33H2,1-9H3/b35-29+,37-19-/t40-,41+,42+,45+,46+/m0/s1. The molecule has 2 aromatic carbocycles. The summed E-state index contributed by atoms with van der Waals surface area (Å²) in [6, 6.07) is 24.4. The first-order valence-corrected chi connectivity index (χ1v) is 21.3. The first kappa shape index (κ1) is 37.6. The highest BCUT2D eigenvalue weighted by Gasteiger charge is 2.60. The van der Waals surface area contributed by atoms with Gasteiger partial charge in [0.25, 0.3) is 8.32 Å². The molecule has 0 amide bonds. The van der Waals surface area contributed by atoms with E-state index in [4.69, 9.17) is 4.43 Å². The van der Waals surface area contributed by atoms with Crippen LogP contribution in [0.2, 0.25) is 5.04 Å². The van der Waals surface area contributed by atoms with Gasteiger partial charge in [0.1, 0.15) is 0 Å². The molecule has 3 aliphatic carbocycles. The zero-order chi connectivity index (χ0) is 35.5. The molecule has 0 aromatic heterocycles. The van der Waals surface area contributed by atoms with Crippen LogP contribution in [0.3, 0.4) is 0 Å². The van der Waals surface area contributed by atoms with Crippen LogP contribution in [-0.2, 0) is 4.43 Å². The third kappa shape index (κ3) is 7.39. The van der Waals surface area contributed by atoms with Crippen molar-refractivity contribution in [3.8, 4) is 6.07 Å². The molecule has 2 aromatic rings. The number of allylic oxidation sites excluding steroid dienone is 5. The van der Waals surface area contributed by atoms with Crippen molar-refractivity contribution < 1.29 is 4.43 Å². The average Bonchev–Trinajstić information content (AvgIpc) is 3.05. The van der Waals surface area contributed by atoms with Crippen LogP contribution in [0, 0.1) is 45.3 Å². The molecule has 0 unspecified atom stereocenters. The lowest BCUT2D eigenvalue weighted by atomic mass is 9.39. The summed E-state index contributed by atoms with van der Waals surface area (Å²) in [5.41, 5.74) is 5.09. The van der Waals surface area contributed by atoms with Gasteiger partial charge in [-0.05, 0) is 121 Å². The topological polar surface area (TPSA) is 33.0 Å². The summed E-state index contributed by atoms with van der Waals surface area (Å²) in [6.07, 6.45) is 19.0. The van der Waals surface area contributed by atoms with Crippen LogP contribution in [0.15, 0.2) is 95.6 Å². The molecule has 0 heterocycles. The van der Waals surface area contributed by atoms with Gasteiger partial charge in [-0.3, -0.25) is 0 Å². The normalized spacial score (nSPS) is 29.0. The van der Waals surface area contributed by atoms with Crippen LogP contribution in [0.4, 0.5) is 0 Å². The first-order chi connectivity index (χ1) is 23.2. The van der Waals surface area contributed by atoms with Crippen molar-refractivity contribution in [3.63, 3.8) is 0 Å². The largest absolute Gasteiger partial charge is 0.404 e. The molecule has 5 rings (SSSR count). The Balaban J connectivity index is 1.23. The first-order valence-electron chi connectivity index (χ1n) is 19.4. The molecule has 2 fully saturated rings. The lowest BCUT2D eigenvalue weighted by Gasteiger charge is -2.65. The van der Waals surface area contributed by atoms with E-state index in [1.54, 1.807) is 5.57 Å². The summed E-state index contributed by atoms with van der Waals surface area (Å²) in [5, 5.41) is 12.8. The summed E-state index contributed by atoms with van der Waals surface area (Å²) >= 11 is 0. The number of benzene rings is 2. The quantitative estimate of drug-likeness (QED) is 0.135. The lowest BCUT2D eigenvalue weighted by molar-refractivity contribution is -0.145. The predicted molar refractivity (Wildman–Crippen MR) is 211 cm³/mol. The van der Waals surface area contributed by atoms with Gasteiger partial charge in [-0.25, -0.2) is 0 Å². The molecule has 0 spiro atoms. The van der Waals surface area contributed by atoms with Gasteiger partial charge in [-0.2, -0.15) is 5.26 Å². The van der Waals surface area contributed by atoms with Crippen LogP contribution in [0.1, 0.15) is 127 Å². The van der Waals surface area contributed by atoms with E-state index in [0.717, 1.165) is 43.1 Å². The molecule has 3 aliphatic rings. The monoisotopic (exact) mass is 675 g/mol. The Hall–Kier alpha value is -2.67. The molecule has 0 saturated heterocycles. The Labute approximate surface area is 301 Å². The predicted octanol–water partition coefficient (Wildman–Crippen LogP) is 11.7. The molecule has 0 radical (unpaired) electrons. The van der Waals surface area contributed by atoms with Crippen molar-refractivity contribution in [1.29, 1.82) is 5.26 Å². The van der Waals surface area contributed by atoms with Crippen molar-refractivity contribution in [2.24, 2.45) is 34.0 Å². The fourth-order valence-electron chi connectivity index (χ4n) is 11.3. The van der Waals surface area contributed by atoms with E-state index >= 15 is 0 Å². The van der Waals surface area contributed by atoms with Crippen LogP contribution in [0.25, 0.3) is 0 Å². The van der Waals surface area contributed by atoms with Gasteiger partial charge < -0.3 is 4.43 Å². The van der Waals surface area contributed by atoms with E-state index in [1.807, 2.05) is 0 Å². The van der Waals surface area contributed by atoms with E-state index in [-0.39, 0.29) is 5.04 Å². The molecule has 2 saturated carbocycles. The molecule has 49 heavy (non-hydrogen) atoms. The molecular formula is C46H65NOSi. The number of rotatable bonds is 11. The van der Waals surface area contributed by atoms with E-state index in [9.17, 15) is 5.26 Å². The van der Waals surface area contributed by atoms with Gasteiger partial charge in [0.15, 0.2) is 0 Å². The minimum absolute atomic E-state index is 0.0329. The molecule has 264 valence electrons. The summed E-state index contributed by atoms with van der Waals surface area (Å²) < 4.78 is 7.10. The Morgan fingerprint density at radius 2 is 1.51 bits per heavy atom. The second-order valence-electron chi connectivity index (χ2n) is 18.2. The maximum Gasteiger partial charge on any atom is 0.261 e. The second-order valence-corrected chi connectivity index (χ2v) is 22.5.